The molecule has 0 aliphatic heterocycles. The molecular formula is C18H19NO2. The number of methoxy groups -OCH3 is 1. The summed E-state index contributed by atoms with van der Waals surface area (Å²) in [6, 6.07) is 15.2. The van der Waals surface area contributed by atoms with Gasteiger partial charge in [0.1, 0.15) is 5.75 Å². The monoisotopic (exact) mass is 281 g/mol. The van der Waals surface area contributed by atoms with E-state index >= 15 is 0 Å². The van der Waals surface area contributed by atoms with E-state index in [4.69, 9.17) is 4.74 Å². The molecule has 3 heteroatoms. The zero-order valence-corrected chi connectivity index (χ0v) is 12.3. The van der Waals surface area contributed by atoms with Crippen molar-refractivity contribution in [1.29, 1.82) is 0 Å². The minimum atomic E-state index is -0.0203. The number of benzene rings is 2. The standard InChI is InChI=1S/C18H19NO2/c1-3-14-7-9-15(10-8-14)18(20)11-12-19-16-5-4-6-17(13-16)21-2/h4-13,19H,3H2,1-2H3. The summed E-state index contributed by atoms with van der Waals surface area (Å²) in [4.78, 5) is 12.0. The lowest BCUT2D eigenvalue weighted by molar-refractivity contribution is 0.104. The van der Waals surface area contributed by atoms with Crippen molar-refractivity contribution in [3.63, 3.8) is 0 Å². The number of hydrogen-bond acceptors (Lipinski definition) is 3. The molecule has 108 valence electrons. The van der Waals surface area contributed by atoms with Crippen molar-refractivity contribution < 1.29 is 9.53 Å². The van der Waals surface area contributed by atoms with E-state index in [1.54, 1.807) is 13.3 Å². The zero-order chi connectivity index (χ0) is 15.1. The topological polar surface area (TPSA) is 38.3 Å². The van der Waals surface area contributed by atoms with Crippen molar-refractivity contribution in [3.8, 4) is 5.75 Å². The normalized spacial score (nSPS) is 10.6. The average Bonchev–Trinajstić information content (AvgIpc) is 2.55. The van der Waals surface area contributed by atoms with Gasteiger partial charge in [-0.3, -0.25) is 4.79 Å². The average molecular weight is 281 g/mol. The zero-order valence-electron chi connectivity index (χ0n) is 12.3. The van der Waals surface area contributed by atoms with Crippen LogP contribution in [0, 0.1) is 0 Å². The van der Waals surface area contributed by atoms with Gasteiger partial charge in [0.2, 0.25) is 0 Å². The summed E-state index contributed by atoms with van der Waals surface area (Å²) in [5.41, 5.74) is 2.79. The van der Waals surface area contributed by atoms with Crippen molar-refractivity contribution in [1.82, 2.24) is 0 Å². The van der Waals surface area contributed by atoms with E-state index in [-0.39, 0.29) is 5.78 Å². The first-order chi connectivity index (χ1) is 10.2. The molecule has 1 N–H and O–H groups in total. The number of rotatable bonds is 6. The molecular weight excluding hydrogens is 262 g/mol. The molecule has 0 radical (unpaired) electrons. The summed E-state index contributed by atoms with van der Waals surface area (Å²) in [5, 5.41) is 3.06. The third-order valence-corrected chi connectivity index (χ3v) is 3.20. The number of nitrogens with one attached hydrogen (secondary N) is 1. The molecule has 21 heavy (non-hydrogen) atoms. The fourth-order valence-corrected chi connectivity index (χ4v) is 1.93. The molecule has 0 aliphatic carbocycles. The molecule has 0 heterocycles. The van der Waals surface area contributed by atoms with Gasteiger partial charge in [0, 0.05) is 29.6 Å². The van der Waals surface area contributed by atoms with Crippen LogP contribution in [0.25, 0.3) is 0 Å². The minimum Gasteiger partial charge on any atom is -0.497 e. The lowest BCUT2D eigenvalue weighted by Gasteiger charge is -2.03. The minimum absolute atomic E-state index is 0.0203. The molecule has 0 spiro atoms. The number of aryl methyl sites for hydroxylation is 1. The number of ether oxygens (including phenoxy) is 1. The fraction of sp³-hybridized carbons (Fsp3) is 0.167. The molecule has 2 aromatic carbocycles. The van der Waals surface area contributed by atoms with Crippen LogP contribution in [0.3, 0.4) is 0 Å². The molecule has 0 saturated heterocycles. The predicted octanol–water partition coefficient (Wildman–Crippen LogP) is 4.07. The van der Waals surface area contributed by atoms with E-state index in [1.807, 2.05) is 48.5 Å². The highest BCUT2D eigenvalue weighted by molar-refractivity contribution is 6.04. The van der Waals surface area contributed by atoms with Crippen LogP contribution in [0.5, 0.6) is 5.75 Å². The van der Waals surface area contributed by atoms with Gasteiger partial charge in [-0.2, -0.15) is 0 Å². The third-order valence-electron chi connectivity index (χ3n) is 3.20. The van der Waals surface area contributed by atoms with Crippen LogP contribution in [0.2, 0.25) is 0 Å². The van der Waals surface area contributed by atoms with Crippen molar-refractivity contribution in [3.05, 3.63) is 71.9 Å². The van der Waals surface area contributed by atoms with Crippen LogP contribution >= 0.6 is 0 Å². The Labute approximate surface area is 125 Å². The van der Waals surface area contributed by atoms with Crippen LogP contribution in [-0.4, -0.2) is 12.9 Å². The van der Waals surface area contributed by atoms with Crippen molar-refractivity contribution >= 4 is 11.5 Å². The number of ketones is 1. The predicted molar refractivity (Wildman–Crippen MR) is 85.9 cm³/mol. The first kappa shape index (κ1) is 14.9. The maximum absolute atomic E-state index is 12.0. The Morgan fingerprint density at radius 2 is 1.95 bits per heavy atom. The van der Waals surface area contributed by atoms with Crippen LogP contribution in [0.1, 0.15) is 22.8 Å². The highest BCUT2D eigenvalue weighted by Gasteiger charge is 2.01. The largest absolute Gasteiger partial charge is 0.497 e. The molecule has 0 atom stereocenters. The van der Waals surface area contributed by atoms with Gasteiger partial charge in [-0.15, -0.1) is 0 Å². The number of carbonyl (C=O) groups is 1. The molecule has 0 aliphatic rings. The summed E-state index contributed by atoms with van der Waals surface area (Å²) in [6.07, 6.45) is 4.15. The summed E-state index contributed by atoms with van der Waals surface area (Å²) < 4.78 is 5.14. The summed E-state index contributed by atoms with van der Waals surface area (Å²) in [5.74, 6) is 0.753. The maximum Gasteiger partial charge on any atom is 0.187 e. The van der Waals surface area contributed by atoms with E-state index in [0.717, 1.165) is 17.9 Å². The quantitative estimate of drug-likeness (QED) is 0.641. The van der Waals surface area contributed by atoms with Crippen molar-refractivity contribution in [2.75, 3.05) is 12.4 Å². The Hall–Kier alpha value is -2.55. The van der Waals surface area contributed by atoms with Gasteiger partial charge in [-0.25, -0.2) is 0 Å². The third kappa shape index (κ3) is 4.21. The van der Waals surface area contributed by atoms with Gasteiger partial charge < -0.3 is 10.1 Å². The SMILES string of the molecule is CCc1ccc(C(=O)C=CNc2cccc(OC)c2)cc1. The lowest BCUT2D eigenvalue weighted by atomic mass is 10.1. The van der Waals surface area contributed by atoms with Crippen LogP contribution < -0.4 is 10.1 Å². The second-order valence-electron chi connectivity index (χ2n) is 4.62. The van der Waals surface area contributed by atoms with Crippen LogP contribution in [-0.2, 0) is 6.42 Å². The van der Waals surface area contributed by atoms with E-state index in [0.29, 0.717) is 5.56 Å². The number of anilines is 1. The van der Waals surface area contributed by atoms with Gasteiger partial charge in [-0.05, 0) is 24.1 Å². The Kier molecular flexibility index (Phi) is 5.16. The number of hydrogen-bond donors (Lipinski definition) is 1. The summed E-state index contributed by atoms with van der Waals surface area (Å²) in [6.45, 7) is 2.09. The summed E-state index contributed by atoms with van der Waals surface area (Å²) in [7, 11) is 1.62. The van der Waals surface area contributed by atoms with E-state index in [2.05, 4.69) is 12.2 Å². The van der Waals surface area contributed by atoms with E-state index in [1.165, 1.54) is 11.6 Å². The van der Waals surface area contributed by atoms with Gasteiger partial charge in [0.25, 0.3) is 0 Å². The molecule has 0 amide bonds. The lowest BCUT2D eigenvalue weighted by Crippen LogP contribution is -1.96. The van der Waals surface area contributed by atoms with Crippen molar-refractivity contribution in [2.24, 2.45) is 0 Å². The Balaban J connectivity index is 1.97. The van der Waals surface area contributed by atoms with Gasteiger partial charge in [0.15, 0.2) is 5.78 Å². The second-order valence-corrected chi connectivity index (χ2v) is 4.62. The molecule has 2 rings (SSSR count). The van der Waals surface area contributed by atoms with Gasteiger partial charge in [-0.1, -0.05) is 37.3 Å². The molecule has 0 bridgehead atoms. The van der Waals surface area contributed by atoms with Crippen LogP contribution in [0.15, 0.2) is 60.8 Å². The maximum atomic E-state index is 12.0. The highest BCUT2D eigenvalue weighted by Crippen LogP contribution is 2.16. The fourth-order valence-electron chi connectivity index (χ4n) is 1.93. The number of allylic oxidation sites excluding steroid dienone is 1. The summed E-state index contributed by atoms with van der Waals surface area (Å²) >= 11 is 0. The van der Waals surface area contributed by atoms with Gasteiger partial charge in [0.05, 0.1) is 7.11 Å². The molecule has 2 aromatic rings. The van der Waals surface area contributed by atoms with Crippen LogP contribution in [0.4, 0.5) is 5.69 Å². The molecule has 0 fully saturated rings. The first-order valence-corrected chi connectivity index (χ1v) is 6.93. The molecule has 0 saturated carbocycles. The Morgan fingerprint density at radius 3 is 2.62 bits per heavy atom. The second kappa shape index (κ2) is 7.29. The number of carbonyl (C=O) groups excluding carboxylic acids is 1. The molecule has 0 unspecified atom stereocenters. The smallest absolute Gasteiger partial charge is 0.187 e. The van der Waals surface area contributed by atoms with Crippen molar-refractivity contribution in [2.45, 2.75) is 13.3 Å². The Morgan fingerprint density at radius 1 is 1.19 bits per heavy atom. The van der Waals surface area contributed by atoms with E-state index in [9.17, 15) is 4.79 Å². The molecule has 0 aromatic heterocycles. The highest BCUT2D eigenvalue weighted by atomic mass is 16.5. The Bertz CT molecular complexity index is 630. The van der Waals surface area contributed by atoms with Gasteiger partial charge >= 0.3 is 0 Å². The molecule has 3 nitrogen and oxygen atoms in total. The van der Waals surface area contributed by atoms with E-state index < -0.39 is 0 Å². The first-order valence-electron chi connectivity index (χ1n) is 6.93.